The maximum Gasteiger partial charge on any atom is 0.0907 e. The number of thiazole rings is 1. The van der Waals surface area contributed by atoms with E-state index in [2.05, 4.69) is 28.5 Å². The third-order valence-electron chi connectivity index (χ3n) is 2.84. The number of ether oxygens (including phenoxy) is 1. The maximum atomic E-state index is 5.48. The highest BCUT2D eigenvalue weighted by molar-refractivity contribution is 7.18. The van der Waals surface area contributed by atoms with Crippen LogP contribution in [0, 0.1) is 6.92 Å². The number of hydrogen-bond donors (Lipinski definition) is 1. The first kappa shape index (κ1) is 10.2. The van der Waals surface area contributed by atoms with Crippen molar-refractivity contribution >= 4 is 21.6 Å². The summed E-state index contributed by atoms with van der Waals surface area (Å²) in [6.07, 6.45) is 0. The van der Waals surface area contributed by atoms with Crippen molar-refractivity contribution in [2.75, 3.05) is 19.8 Å². The number of nitrogens with one attached hydrogen (secondary N) is 1. The summed E-state index contributed by atoms with van der Waals surface area (Å²) in [5.74, 6) is 0. The molecule has 1 fully saturated rings. The van der Waals surface area contributed by atoms with Crippen molar-refractivity contribution in [3.05, 3.63) is 28.8 Å². The smallest absolute Gasteiger partial charge is 0.0907 e. The molecule has 84 valence electrons. The molecule has 2 heterocycles. The van der Waals surface area contributed by atoms with Crippen LogP contribution in [0.4, 0.5) is 0 Å². The molecule has 16 heavy (non-hydrogen) atoms. The average molecular weight is 234 g/mol. The summed E-state index contributed by atoms with van der Waals surface area (Å²) in [5, 5.41) is 4.59. The molecule has 1 aromatic heterocycles. The molecule has 0 amide bonds. The minimum absolute atomic E-state index is 0.334. The van der Waals surface area contributed by atoms with Crippen LogP contribution in [0.3, 0.4) is 0 Å². The summed E-state index contributed by atoms with van der Waals surface area (Å²) in [6, 6.07) is 6.81. The second-order valence-electron chi connectivity index (χ2n) is 4.04. The molecule has 0 aliphatic carbocycles. The normalized spacial score (nSPS) is 21.4. The van der Waals surface area contributed by atoms with E-state index in [9.17, 15) is 0 Å². The third-order valence-corrected chi connectivity index (χ3v) is 3.78. The highest BCUT2D eigenvalue weighted by atomic mass is 32.1. The molecule has 1 aromatic carbocycles. The summed E-state index contributed by atoms with van der Waals surface area (Å²) in [6.45, 7) is 4.57. The molecule has 1 unspecified atom stereocenters. The number of rotatable bonds is 1. The van der Waals surface area contributed by atoms with E-state index in [-0.39, 0.29) is 0 Å². The van der Waals surface area contributed by atoms with Crippen LogP contribution in [0.2, 0.25) is 0 Å². The highest BCUT2D eigenvalue weighted by Gasteiger charge is 2.15. The minimum Gasteiger partial charge on any atom is -0.378 e. The van der Waals surface area contributed by atoms with Crippen LogP contribution in [0.5, 0.6) is 0 Å². The molecule has 2 aromatic rings. The molecule has 4 heteroatoms. The molecule has 0 spiro atoms. The molecule has 1 atom stereocenters. The van der Waals surface area contributed by atoms with Gasteiger partial charge in [0.2, 0.25) is 0 Å². The molecule has 1 aliphatic heterocycles. The zero-order chi connectivity index (χ0) is 11.0. The van der Waals surface area contributed by atoms with E-state index >= 15 is 0 Å². The van der Waals surface area contributed by atoms with E-state index in [4.69, 9.17) is 4.74 Å². The highest BCUT2D eigenvalue weighted by Crippen LogP contribution is 2.25. The van der Waals surface area contributed by atoms with Gasteiger partial charge in [0.15, 0.2) is 0 Å². The Kier molecular flexibility index (Phi) is 2.63. The van der Waals surface area contributed by atoms with E-state index < -0.39 is 0 Å². The topological polar surface area (TPSA) is 34.1 Å². The number of benzene rings is 1. The van der Waals surface area contributed by atoms with Gasteiger partial charge in [-0.3, -0.25) is 0 Å². The second kappa shape index (κ2) is 4.13. The van der Waals surface area contributed by atoms with E-state index in [0.717, 1.165) is 30.3 Å². The lowest BCUT2D eigenvalue weighted by Gasteiger charge is -2.24. The summed E-state index contributed by atoms with van der Waals surface area (Å²) in [7, 11) is 0. The van der Waals surface area contributed by atoms with E-state index in [1.165, 1.54) is 10.3 Å². The number of nitrogens with zero attached hydrogens (tertiary/aromatic N) is 1. The van der Waals surface area contributed by atoms with Crippen molar-refractivity contribution in [1.82, 2.24) is 10.3 Å². The number of hydrogen-bond acceptors (Lipinski definition) is 4. The van der Waals surface area contributed by atoms with Crippen LogP contribution in [0.25, 0.3) is 10.2 Å². The zero-order valence-corrected chi connectivity index (χ0v) is 10.0. The van der Waals surface area contributed by atoms with Crippen molar-refractivity contribution in [3.63, 3.8) is 0 Å². The Bertz CT molecular complexity index is 503. The molecule has 1 saturated heterocycles. The predicted octanol–water partition coefficient (Wildman–Crippen LogP) is 2.27. The lowest BCUT2D eigenvalue weighted by atomic mass is 10.1. The zero-order valence-electron chi connectivity index (χ0n) is 9.19. The molecule has 0 saturated carbocycles. The van der Waals surface area contributed by atoms with Crippen molar-refractivity contribution in [3.8, 4) is 0 Å². The van der Waals surface area contributed by atoms with Crippen molar-refractivity contribution in [2.24, 2.45) is 0 Å². The summed E-state index contributed by atoms with van der Waals surface area (Å²) < 4.78 is 6.75. The Hall–Kier alpha value is -0.970. The number of fused-ring (bicyclic) bond motifs is 1. The summed E-state index contributed by atoms with van der Waals surface area (Å²) in [4.78, 5) is 4.47. The van der Waals surface area contributed by atoms with Crippen LogP contribution < -0.4 is 5.32 Å². The first-order valence-corrected chi connectivity index (χ1v) is 6.33. The number of aromatic nitrogens is 1. The van der Waals surface area contributed by atoms with E-state index in [0.29, 0.717) is 6.04 Å². The van der Waals surface area contributed by atoms with Crippen LogP contribution in [0.15, 0.2) is 18.2 Å². The molecule has 1 aliphatic rings. The van der Waals surface area contributed by atoms with E-state index in [1.54, 1.807) is 11.3 Å². The Morgan fingerprint density at radius 3 is 3.25 bits per heavy atom. The summed E-state index contributed by atoms with van der Waals surface area (Å²) in [5.41, 5.74) is 2.40. The lowest BCUT2D eigenvalue weighted by molar-refractivity contribution is 0.0769. The van der Waals surface area contributed by atoms with Crippen LogP contribution >= 0.6 is 11.3 Å². The van der Waals surface area contributed by atoms with Gasteiger partial charge in [-0.25, -0.2) is 4.98 Å². The first-order valence-electron chi connectivity index (χ1n) is 5.51. The summed E-state index contributed by atoms with van der Waals surface area (Å²) >= 11 is 1.75. The predicted molar refractivity (Wildman–Crippen MR) is 65.9 cm³/mol. The maximum absolute atomic E-state index is 5.48. The Morgan fingerprint density at radius 1 is 1.50 bits per heavy atom. The van der Waals surface area contributed by atoms with E-state index in [1.807, 2.05) is 6.92 Å². The van der Waals surface area contributed by atoms with Gasteiger partial charge in [0, 0.05) is 6.54 Å². The third kappa shape index (κ3) is 1.84. The quantitative estimate of drug-likeness (QED) is 0.822. The fourth-order valence-corrected chi connectivity index (χ4v) is 2.93. The van der Waals surface area contributed by atoms with Gasteiger partial charge in [-0.15, -0.1) is 11.3 Å². The fourth-order valence-electron chi connectivity index (χ4n) is 2.05. The number of aryl methyl sites for hydroxylation is 1. The van der Waals surface area contributed by atoms with Crippen LogP contribution in [-0.2, 0) is 4.74 Å². The standard InChI is InChI=1S/C12H14N2OS/c1-8-14-10-3-2-9(6-12(10)16-8)11-7-15-5-4-13-11/h2-3,6,11,13H,4-5,7H2,1H3. The Balaban J connectivity index is 1.97. The second-order valence-corrected chi connectivity index (χ2v) is 5.28. The van der Waals surface area contributed by atoms with Gasteiger partial charge in [0.25, 0.3) is 0 Å². The molecule has 0 bridgehead atoms. The molecule has 3 nitrogen and oxygen atoms in total. The van der Waals surface area contributed by atoms with Crippen molar-refractivity contribution < 1.29 is 4.74 Å². The molecule has 3 rings (SSSR count). The van der Waals surface area contributed by atoms with Gasteiger partial charge in [-0.2, -0.15) is 0 Å². The fraction of sp³-hybridized carbons (Fsp3) is 0.417. The molecule has 0 radical (unpaired) electrons. The Morgan fingerprint density at radius 2 is 2.44 bits per heavy atom. The lowest BCUT2D eigenvalue weighted by Crippen LogP contribution is -2.34. The van der Waals surface area contributed by atoms with Crippen molar-refractivity contribution in [1.29, 1.82) is 0 Å². The first-order chi connectivity index (χ1) is 7.83. The van der Waals surface area contributed by atoms with Gasteiger partial charge >= 0.3 is 0 Å². The van der Waals surface area contributed by atoms with Gasteiger partial charge < -0.3 is 10.1 Å². The monoisotopic (exact) mass is 234 g/mol. The van der Waals surface area contributed by atoms with Crippen LogP contribution in [-0.4, -0.2) is 24.7 Å². The SMILES string of the molecule is Cc1nc2ccc(C3COCCN3)cc2s1. The van der Waals surface area contributed by atoms with Gasteiger partial charge in [-0.1, -0.05) is 6.07 Å². The number of morpholine rings is 1. The van der Waals surface area contributed by atoms with Gasteiger partial charge in [0.05, 0.1) is 34.5 Å². The Labute approximate surface area is 98.5 Å². The molecular formula is C12H14N2OS. The van der Waals surface area contributed by atoms with Gasteiger partial charge in [-0.05, 0) is 24.6 Å². The minimum atomic E-state index is 0.334. The largest absolute Gasteiger partial charge is 0.378 e. The van der Waals surface area contributed by atoms with Crippen molar-refractivity contribution in [2.45, 2.75) is 13.0 Å². The molecule has 1 N–H and O–H groups in total. The average Bonchev–Trinajstić information content (AvgIpc) is 2.69. The van der Waals surface area contributed by atoms with Gasteiger partial charge in [0.1, 0.15) is 0 Å². The van der Waals surface area contributed by atoms with Crippen LogP contribution in [0.1, 0.15) is 16.6 Å². The molecular weight excluding hydrogens is 220 g/mol.